The second-order valence-corrected chi connectivity index (χ2v) is 5.10. The standard InChI is InChI=1S/C16H17F2N3O3/c1-3-19-14(22)10-21-15(23)9-8-13(20-21)11-4-6-12(7-5-11)24-16(2,17)18/h4-9H,3,10H2,1-2H3,(H,19,22). The molecule has 0 atom stereocenters. The second-order valence-electron chi connectivity index (χ2n) is 5.10. The van der Waals surface area contributed by atoms with E-state index in [4.69, 9.17) is 0 Å². The van der Waals surface area contributed by atoms with Crippen molar-refractivity contribution in [1.29, 1.82) is 0 Å². The number of alkyl halides is 2. The van der Waals surface area contributed by atoms with Crippen LogP contribution in [0.15, 0.2) is 41.2 Å². The summed E-state index contributed by atoms with van der Waals surface area (Å²) in [7, 11) is 0. The van der Waals surface area contributed by atoms with Gasteiger partial charge in [0.15, 0.2) is 0 Å². The third kappa shape index (κ3) is 4.87. The van der Waals surface area contributed by atoms with Crippen LogP contribution in [-0.2, 0) is 11.3 Å². The van der Waals surface area contributed by atoms with Gasteiger partial charge >= 0.3 is 6.11 Å². The first kappa shape index (κ1) is 17.6. The number of amides is 1. The lowest BCUT2D eigenvalue weighted by Crippen LogP contribution is -2.33. The molecule has 0 aliphatic rings. The highest BCUT2D eigenvalue weighted by Crippen LogP contribution is 2.24. The molecular weight excluding hydrogens is 320 g/mol. The zero-order valence-electron chi connectivity index (χ0n) is 13.3. The van der Waals surface area contributed by atoms with Crippen LogP contribution in [0.2, 0.25) is 0 Å². The number of nitrogens with zero attached hydrogens (tertiary/aromatic N) is 2. The van der Waals surface area contributed by atoms with Gasteiger partial charge in [-0.3, -0.25) is 9.59 Å². The number of nitrogens with one attached hydrogen (secondary N) is 1. The first-order valence-corrected chi connectivity index (χ1v) is 7.30. The van der Waals surface area contributed by atoms with Gasteiger partial charge in [-0.1, -0.05) is 0 Å². The average Bonchev–Trinajstić information content (AvgIpc) is 2.49. The lowest BCUT2D eigenvalue weighted by atomic mass is 10.1. The fourth-order valence-electron chi connectivity index (χ4n) is 2.01. The zero-order chi connectivity index (χ0) is 17.7. The van der Waals surface area contributed by atoms with E-state index in [2.05, 4.69) is 15.2 Å². The number of carbonyl (C=O) groups excluding carboxylic acids is 1. The second kappa shape index (κ2) is 7.20. The number of halogens is 2. The smallest absolute Gasteiger partial charge is 0.394 e. The summed E-state index contributed by atoms with van der Waals surface area (Å²) in [6.45, 7) is 2.69. The van der Waals surface area contributed by atoms with Gasteiger partial charge in [0.2, 0.25) is 5.91 Å². The Morgan fingerprint density at radius 3 is 2.50 bits per heavy atom. The number of hydrogen-bond acceptors (Lipinski definition) is 4. The average molecular weight is 337 g/mol. The van der Waals surface area contributed by atoms with Crippen LogP contribution in [0.3, 0.4) is 0 Å². The number of likely N-dealkylation sites (N-methyl/N-ethyl adjacent to an activating group) is 1. The van der Waals surface area contributed by atoms with Gasteiger partial charge in [-0.05, 0) is 37.3 Å². The maximum atomic E-state index is 12.8. The van der Waals surface area contributed by atoms with Crippen LogP contribution in [0.25, 0.3) is 11.3 Å². The van der Waals surface area contributed by atoms with E-state index >= 15 is 0 Å². The SMILES string of the molecule is CCNC(=O)Cn1nc(-c2ccc(OC(C)(F)F)cc2)ccc1=O. The Hall–Kier alpha value is -2.77. The number of ether oxygens (including phenoxy) is 1. The van der Waals surface area contributed by atoms with Crippen molar-refractivity contribution in [1.82, 2.24) is 15.1 Å². The Bertz CT molecular complexity index is 767. The molecule has 2 aromatic rings. The third-order valence-corrected chi connectivity index (χ3v) is 2.98. The summed E-state index contributed by atoms with van der Waals surface area (Å²) in [5, 5.41) is 6.71. The molecule has 1 heterocycles. The summed E-state index contributed by atoms with van der Waals surface area (Å²) in [5.41, 5.74) is 0.635. The fraction of sp³-hybridized carbons (Fsp3) is 0.312. The van der Waals surface area contributed by atoms with E-state index < -0.39 is 11.7 Å². The van der Waals surface area contributed by atoms with E-state index in [0.717, 1.165) is 4.68 Å². The van der Waals surface area contributed by atoms with Crippen molar-refractivity contribution >= 4 is 5.91 Å². The van der Waals surface area contributed by atoms with E-state index in [-0.39, 0.29) is 18.2 Å². The number of carbonyl (C=O) groups is 1. The van der Waals surface area contributed by atoms with Gasteiger partial charge < -0.3 is 10.1 Å². The largest absolute Gasteiger partial charge is 0.433 e. The lowest BCUT2D eigenvalue weighted by Gasteiger charge is -2.13. The minimum atomic E-state index is -3.26. The molecule has 1 aromatic carbocycles. The monoisotopic (exact) mass is 337 g/mol. The van der Waals surface area contributed by atoms with Gasteiger partial charge in [-0.25, -0.2) is 4.68 Å². The van der Waals surface area contributed by atoms with Crippen LogP contribution in [0.4, 0.5) is 8.78 Å². The van der Waals surface area contributed by atoms with Crippen molar-refractivity contribution < 1.29 is 18.3 Å². The van der Waals surface area contributed by atoms with Gasteiger partial charge in [-0.15, -0.1) is 0 Å². The molecule has 0 unspecified atom stereocenters. The van der Waals surface area contributed by atoms with E-state index in [1.807, 2.05) is 0 Å². The quantitative estimate of drug-likeness (QED) is 0.875. The van der Waals surface area contributed by atoms with Crippen molar-refractivity contribution in [2.75, 3.05) is 6.54 Å². The van der Waals surface area contributed by atoms with Gasteiger partial charge in [0.25, 0.3) is 5.56 Å². The molecule has 6 nitrogen and oxygen atoms in total. The van der Waals surface area contributed by atoms with Crippen molar-refractivity contribution in [2.45, 2.75) is 26.5 Å². The summed E-state index contributed by atoms with van der Waals surface area (Å²) in [6, 6.07) is 8.66. The Labute approximate surface area is 137 Å². The molecule has 0 aliphatic carbocycles. The molecule has 128 valence electrons. The molecule has 24 heavy (non-hydrogen) atoms. The Morgan fingerprint density at radius 2 is 1.92 bits per heavy atom. The third-order valence-electron chi connectivity index (χ3n) is 2.98. The minimum Gasteiger partial charge on any atom is -0.433 e. The highest BCUT2D eigenvalue weighted by atomic mass is 19.3. The summed E-state index contributed by atoms with van der Waals surface area (Å²) in [5.74, 6) is -0.305. The number of benzene rings is 1. The van der Waals surface area contributed by atoms with Crippen LogP contribution in [0.1, 0.15) is 13.8 Å². The molecule has 1 amide bonds. The predicted octanol–water partition coefficient (Wildman–Crippen LogP) is 2.04. The molecule has 1 N–H and O–H groups in total. The summed E-state index contributed by atoms with van der Waals surface area (Å²) in [6.07, 6.45) is -3.26. The number of aromatic nitrogens is 2. The fourth-order valence-corrected chi connectivity index (χ4v) is 2.01. The topological polar surface area (TPSA) is 73.2 Å². The maximum absolute atomic E-state index is 12.8. The highest BCUT2D eigenvalue weighted by Gasteiger charge is 2.22. The van der Waals surface area contributed by atoms with E-state index in [0.29, 0.717) is 24.7 Å². The first-order chi connectivity index (χ1) is 11.3. The zero-order valence-corrected chi connectivity index (χ0v) is 13.3. The number of hydrogen-bond donors (Lipinski definition) is 1. The van der Waals surface area contributed by atoms with Crippen LogP contribution in [0, 0.1) is 0 Å². The molecule has 0 fully saturated rings. The Morgan fingerprint density at radius 1 is 1.25 bits per heavy atom. The van der Waals surface area contributed by atoms with Crippen LogP contribution in [0.5, 0.6) is 5.75 Å². The molecule has 8 heteroatoms. The highest BCUT2D eigenvalue weighted by molar-refractivity contribution is 5.75. The molecular formula is C16H17F2N3O3. The molecule has 0 bridgehead atoms. The van der Waals surface area contributed by atoms with Crippen LogP contribution >= 0.6 is 0 Å². The molecule has 1 aromatic heterocycles. The van der Waals surface area contributed by atoms with Crippen molar-refractivity contribution in [2.24, 2.45) is 0 Å². The maximum Gasteiger partial charge on any atom is 0.394 e. The Balaban J connectivity index is 2.23. The lowest BCUT2D eigenvalue weighted by molar-refractivity contribution is -0.158. The van der Waals surface area contributed by atoms with Crippen LogP contribution < -0.4 is 15.6 Å². The van der Waals surface area contributed by atoms with E-state index in [1.165, 1.54) is 24.3 Å². The van der Waals surface area contributed by atoms with Gasteiger partial charge in [0.05, 0.1) is 5.69 Å². The van der Waals surface area contributed by atoms with Crippen molar-refractivity contribution in [3.63, 3.8) is 0 Å². The first-order valence-electron chi connectivity index (χ1n) is 7.30. The number of rotatable bonds is 6. The summed E-state index contributed by atoms with van der Waals surface area (Å²) < 4.78 is 31.1. The molecule has 0 radical (unpaired) electrons. The Kier molecular flexibility index (Phi) is 5.28. The minimum absolute atomic E-state index is 0.0156. The van der Waals surface area contributed by atoms with Gasteiger partial charge in [0, 0.05) is 25.1 Å². The normalized spacial score (nSPS) is 11.2. The molecule has 0 aliphatic heterocycles. The summed E-state index contributed by atoms with van der Waals surface area (Å²) >= 11 is 0. The molecule has 2 rings (SSSR count). The summed E-state index contributed by atoms with van der Waals surface area (Å²) in [4.78, 5) is 23.4. The van der Waals surface area contributed by atoms with Crippen molar-refractivity contribution in [3.8, 4) is 17.0 Å². The van der Waals surface area contributed by atoms with Crippen molar-refractivity contribution in [3.05, 3.63) is 46.8 Å². The molecule has 0 spiro atoms. The van der Waals surface area contributed by atoms with Gasteiger partial charge in [-0.2, -0.15) is 13.9 Å². The molecule has 0 saturated heterocycles. The predicted molar refractivity (Wildman–Crippen MR) is 83.9 cm³/mol. The molecule has 0 saturated carbocycles. The van der Waals surface area contributed by atoms with Crippen LogP contribution in [-0.4, -0.2) is 28.3 Å². The van der Waals surface area contributed by atoms with Gasteiger partial charge in [0.1, 0.15) is 12.3 Å². The van der Waals surface area contributed by atoms with E-state index in [1.54, 1.807) is 19.1 Å². The van der Waals surface area contributed by atoms with E-state index in [9.17, 15) is 18.4 Å².